The minimum atomic E-state index is 0.560. The maximum absolute atomic E-state index is 5.97. The highest BCUT2D eigenvalue weighted by molar-refractivity contribution is 5.82. The van der Waals surface area contributed by atoms with E-state index < -0.39 is 0 Å². The Morgan fingerprint density at radius 2 is 1.63 bits per heavy atom. The van der Waals surface area contributed by atoms with Crippen molar-refractivity contribution in [3.05, 3.63) is 30.5 Å². The fourth-order valence-electron chi connectivity index (χ4n) is 1.87. The van der Waals surface area contributed by atoms with Crippen molar-refractivity contribution in [2.24, 2.45) is 0 Å². The number of benzene rings is 1. The predicted octanol–water partition coefficient (Wildman–Crippen LogP) is 2.36. The van der Waals surface area contributed by atoms with Gasteiger partial charge in [-0.2, -0.15) is 0 Å². The molecule has 0 aliphatic rings. The van der Waals surface area contributed by atoms with Gasteiger partial charge in [-0.1, -0.05) is 0 Å². The Morgan fingerprint density at radius 1 is 1.00 bits per heavy atom. The summed E-state index contributed by atoms with van der Waals surface area (Å²) in [6.07, 6.45) is 1.68. The summed E-state index contributed by atoms with van der Waals surface area (Å²) in [4.78, 5) is 4.30. The standard InChI is InChI=1S/C14H16N2O3/c1-17-9-7-11(18-2)13(12(8-9)19-3)14-10(15)5-4-6-16-14/h4-8H,15H2,1-3H3. The first kappa shape index (κ1) is 13.0. The second kappa shape index (κ2) is 5.48. The lowest BCUT2D eigenvalue weighted by molar-refractivity contribution is 0.377. The van der Waals surface area contributed by atoms with E-state index in [1.165, 1.54) is 0 Å². The van der Waals surface area contributed by atoms with E-state index in [0.717, 1.165) is 0 Å². The highest BCUT2D eigenvalue weighted by Gasteiger charge is 2.18. The average Bonchev–Trinajstić information content (AvgIpc) is 2.46. The molecule has 5 heteroatoms. The van der Waals surface area contributed by atoms with Crippen LogP contribution in [0.5, 0.6) is 17.2 Å². The number of aromatic nitrogens is 1. The Bertz CT molecular complexity index is 560. The number of nitrogen functional groups attached to an aromatic ring is 1. The van der Waals surface area contributed by atoms with Gasteiger partial charge in [0.2, 0.25) is 0 Å². The molecule has 5 nitrogen and oxygen atoms in total. The zero-order valence-corrected chi connectivity index (χ0v) is 11.1. The number of anilines is 1. The minimum absolute atomic E-state index is 0.560. The largest absolute Gasteiger partial charge is 0.496 e. The fourth-order valence-corrected chi connectivity index (χ4v) is 1.87. The number of hydrogen-bond acceptors (Lipinski definition) is 5. The molecule has 0 radical (unpaired) electrons. The summed E-state index contributed by atoms with van der Waals surface area (Å²) in [5.41, 5.74) is 7.86. The van der Waals surface area contributed by atoms with Gasteiger partial charge in [0.1, 0.15) is 22.9 Å². The molecule has 0 unspecified atom stereocenters. The van der Waals surface area contributed by atoms with Crippen LogP contribution in [0.15, 0.2) is 30.5 Å². The lowest BCUT2D eigenvalue weighted by atomic mass is 10.1. The van der Waals surface area contributed by atoms with E-state index in [2.05, 4.69) is 4.98 Å². The van der Waals surface area contributed by atoms with E-state index in [1.54, 1.807) is 51.8 Å². The lowest BCUT2D eigenvalue weighted by Crippen LogP contribution is -1.99. The number of nitrogens with zero attached hydrogens (tertiary/aromatic N) is 1. The summed E-state index contributed by atoms with van der Waals surface area (Å²) in [5.74, 6) is 1.84. The van der Waals surface area contributed by atoms with E-state index >= 15 is 0 Å². The zero-order chi connectivity index (χ0) is 13.8. The molecule has 1 aromatic heterocycles. The van der Waals surface area contributed by atoms with Crippen molar-refractivity contribution in [1.82, 2.24) is 4.98 Å². The van der Waals surface area contributed by atoms with Crippen LogP contribution in [0.3, 0.4) is 0 Å². The molecule has 0 atom stereocenters. The van der Waals surface area contributed by atoms with Gasteiger partial charge in [0.25, 0.3) is 0 Å². The second-order valence-corrected chi connectivity index (χ2v) is 3.85. The Morgan fingerprint density at radius 3 is 2.11 bits per heavy atom. The maximum Gasteiger partial charge on any atom is 0.135 e. The van der Waals surface area contributed by atoms with Crippen molar-refractivity contribution in [2.45, 2.75) is 0 Å². The van der Waals surface area contributed by atoms with E-state index in [0.29, 0.717) is 34.2 Å². The van der Waals surface area contributed by atoms with Gasteiger partial charge in [0.15, 0.2) is 0 Å². The molecule has 0 saturated heterocycles. The van der Waals surface area contributed by atoms with Crippen LogP contribution < -0.4 is 19.9 Å². The Balaban J connectivity index is 2.71. The van der Waals surface area contributed by atoms with Crippen molar-refractivity contribution in [2.75, 3.05) is 27.1 Å². The average molecular weight is 260 g/mol. The number of rotatable bonds is 4. The van der Waals surface area contributed by atoms with Crippen molar-refractivity contribution in [3.8, 4) is 28.5 Å². The molecule has 0 amide bonds. The molecule has 0 saturated carbocycles. The fraction of sp³-hybridized carbons (Fsp3) is 0.214. The van der Waals surface area contributed by atoms with E-state index in [-0.39, 0.29) is 0 Å². The summed E-state index contributed by atoms with van der Waals surface area (Å²) in [5, 5.41) is 0. The third-order valence-electron chi connectivity index (χ3n) is 2.79. The SMILES string of the molecule is COc1cc(OC)c(-c2ncccc2N)c(OC)c1. The predicted molar refractivity (Wildman–Crippen MR) is 73.7 cm³/mol. The van der Waals surface area contributed by atoms with Crippen LogP contribution in [0.2, 0.25) is 0 Å². The Labute approximate surface area is 111 Å². The minimum Gasteiger partial charge on any atom is -0.496 e. The number of methoxy groups -OCH3 is 3. The van der Waals surface area contributed by atoms with Crippen LogP contribution in [0.25, 0.3) is 11.3 Å². The molecular weight excluding hydrogens is 244 g/mol. The molecule has 0 fully saturated rings. The summed E-state index contributed by atoms with van der Waals surface area (Å²) in [6, 6.07) is 7.10. The third kappa shape index (κ3) is 2.40. The van der Waals surface area contributed by atoms with Gasteiger partial charge < -0.3 is 19.9 Å². The summed E-state index contributed by atoms with van der Waals surface area (Å²) in [7, 11) is 4.75. The van der Waals surface area contributed by atoms with Crippen molar-refractivity contribution in [3.63, 3.8) is 0 Å². The molecule has 0 aliphatic heterocycles. The van der Waals surface area contributed by atoms with Gasteiger partial charge in [-0.05, 0) is 12.1 Å². The number of ether oxygens (including phenoxy) is 3. The Kier molecular flexibility index (Phi) is 3.75. The number of nitrogens with two attached hydrogens (primary N) is 1. The quantitative estimate of drug-likeness (QED) is 0.914. The smallest absolute Gasteiger partial charge is 0.135 e. The van der Waals surface area contributed by atoms with Gasteiger partial charge in [-0.25, -0.2) is 0 Å². The number of hydrogen-bond donors (Lipinski definition) is 1. The molecule has 0 bridgehead atoms. The third-order valence-corrected chi connectivity index (χ3v) is 2.79. The van der Waals surface area contributed by atoms with Crippen LogP contribution in [0, 0.1) is 0 Å². The van der Waals surface area contributed by atoms with Crippen LogP contribution in [0.4, 0.5) is 5.69 Å². The van der Waals surface area contributed by atoms with Crippen LogP contribution in [-0.4, -0.2) is 26.3 Å². The van der Waals surface area contributed by atoms with Crippen LogP contribution in [-0.2, 0) is 0 Å². The van der Waals surface area contributed by atoms with Crippen LogP contribution in [0.1, 0.15) is 0 Å². The van der Waals surface area contributed by atoms with Gasteiger partial charge in [-0.15, -0.1) is 0 Å². The topological polar surface area (TPSA) is 66.6 Å². The van der Waals surface area contributed by atoms with Gasteiger partial charge in [-0.3, -0.25) is 4.98 Å². The molecule has 2 rings (SSSR count). The van der Waals surface area contributed by atoms with Crippen molar-refractivity contribution < 1.29 is 14.2 Å². The number of pyridine rings is 1. The summed E-state index contributed by atoms with van der Waals surface area (Å²) in [6.45, 7) is 0. The van der Waals surface area contributed by atoms with Gasteiger partial charge >= 0.3 is 0 Å². The first-order valence-corrected chi connectivity index (χ1v) is 5.72. The molecular formula is C14H16N2O3. The van der Waals surface area contributed by atoms with Crippen molar-refractivity contribution in [1.29, 1.82) is 0 Å². The highest BCUT2D eigenvalue weighted by atomic mass is 16.5. The van der Waals surface area contributed by atoms with Crippen LogP contribution >= 0.6 is 0 Å². The van der Waals surface area contributed by atoms with E-state index in [9.17, 15) is 0 Å². The van der Waals surface area contributed by atoms with Gasteiger partial charge in [0, 0.05) is 18.3 Å². The second-order valence-electron chi connectivity index (χ2n) is 3.85. The van der Waals surface area contributed by atoms with Gasteiger partial charge in [0.05, 0.1) is 32.6 Å². The zero-order valence-electron chi connectivity index (χ0n) is 11.1. The molecule has 1 heterocycles. The molecule has 19 heavy (non-hydrogen) atoms. The molecule has 0 spiro atoms. The molecule has 0 aliphatic carbocycles. The molecule has 2 aromatic rings. The monoisotopic (exact) mass is 260 g/mol. The first-order valence-electron chi connectivity index (χ1n) is 5.72. The first-order chi connectivity index (χ1) is 9.21. The van der Waals surface area contributed by atoms with Crippen molar-refractivity contribution >= 4 is 5.69 Å². The summed E-state index contributed by atoms with van der Waals surface area (Å²) >= 11 is 0. The molecule has 1 aromatic carbocycles. The molecule has 100 valence electrons. The van der Waals surface area contributed by atoms with E-state index in [4.69, 9.17) is 19.9 Å². The molecule has 2 N–H and O–H groups in total. The summed E-state index contributed by atoms with van der Waals surface area (Å²) < 4.78 is 16.0. The lowest BCUT2D eigenvalue weighted by Gasteiger charge is -2.15. The van der Waals surface area contributed by atoms with E-state index in [1.807, 2.05) is 0 Å². The normalized spacial score (nSPS) is 10.1. The highest BCUT2D eigenvalue weighted by Crippen LogP contribution is 2.42. The maximum atomic E-state index is 5.97. The Hall–Kier alpha value is -2.43.